The number of carbonyl (C=O) groups excluding carboxylic acids is 2. The maximum absolute atomic E-state index is 13.5. The SMILES string of the molecule is COC(=O)Nc1ccc(-c2cc(CC(NC(=O)OC(C)(C)C)c3ccc(F)cc3)n[nH]c2=O)cc1. The predicted molar refractivity (Wildman–Crippen MR) is 129 cm³/mol. The number of carbonyl (C=O) groups is 2. The first-order chi connectivity index (χ1) is 16.5. The molecule has 0 aliphatic rings. The fourth-order valence-electron chi connectivity index (χ4n) is 3.27. The van der Waals surface area contributed by atoms with Crippen LogP contribution in [-0.2, 0) is 15.9 Å². The van der Waals surface area contributed by atoms with Crippen molar-refractivity contribution in [1.29, 1.82) is 0 Å². The highest BCUT2D eigenvalue weighted by molar-refractivity contribution is 5.85. The summed E-state index contributed by atoms with van der Waals surface area (Å²) in [4.78, 5) is 36.3. The number of methoxy groups -OCH3 is 1. The number of nitrogens with one attached hydrogen (secondary N) is 3. The summed E-state index contributed by atoms with van der Waals surface area (Å²) in [5.41, 5.74) is 1.49. The number of hydrogen-bond donors (Lipinski definition) is 3. The summed E-state index contributed by atoms with van der Waals surface area (Å²) >= 11 is 0. The number of ether oxygens (including phenoxy) is 2. The third kappa shape index (κ3) is 7.39. The van der Waals surface area contributed by atoms with Crippen molar-refractivity contribution in [3.8, 4) is 11.1 Å². The Morgan fingerprint density at radius 3 is 2.31 bits per heavy atom. The highest BCUT2D eigenvalue weighted by Crippen LogP contribution is 2.23. The first-order valence-electron chi connectivity index (χ1n) is 10.8. The maximum Gasteiger partial charge on any atom is 0.411 e. The van der Waals surface area contributed by atoms with Gasteiger partial charge in [0.15, 0.2) is 0 Å². The fraction of sp³-hybridized carbons (Fsp3) is 0.280. The van der Waals surface area contributed by atoms with Gasteiger partial charge in [-0.3, -0.25) is 10.1 Å². The Morgan fingerprint density at radius 2 is 1.71 bits per heavy atom. The lowest BCUT2D eigenvalue weighted by molar-refractivity contribution is 0.0503. The quantitative estimate of drug-likeness (QED) is 0.473. The molecule has 35 heavy (non-hydrogen) atoms. The van der Waals surface area contributed by atoms with Gasteiger partial charge in [0.1, 0.15) is 11.4 Å². The Kier molecular flexibility index (Phi) is 7.85. The molecule has 10 heteroatoms. The molecule has 3 aromatic rings. The first kappa shape index (κ1) is 25.4. The second-order valence-electron chi connectivity index (χ2n) is 8.75. The number of aromatic nitrogens is 2. The van der Waals surface area contributed by atoms with E-state index in [9.17, 15) is 18.8 Å². The van der Waals surface area contributed by atoms with Crippen molar-refractivity contribution in [3.05, 3.63) is 82.0 Å². The third-order valence-electron chi connectivity index (χ3n) is 4.86. The topological polar surface area (TPSA) is 122 Å². The van der Waals surface area contributed by atoms with Gasteiger partial charge < -0.3 is 14.8 Å². The molecule has 3 rings (SSSR count). The van der Waals surface area contributed by atoms with Crippen LogP contribution in [0.4, 0.5) is 19.7 Å². The largest absolute Gasteiger partial charge is 0.453 e. The van der Waals surface area contributed by atoms with Gasteiger partial charge in [-0.25, -0.2) is 19.1 Å². The molecule has 1 heterocycles. The van der Waals surface area contributed by atoms with Gasteiger partial charge in [-0.2, -0.15) is 5.10 Å². The molecule has 184 valence electrons. The lowest BCUT2D eigenvalue weighted by atomic mass is 10.00. The molecule has 3 N–H and O–H groups in total. The molecule has 1 unspecified atom stereocenters. The predicted octanol–water partition coefficient (Wildman–Crippen LogP) is 4.56. The summed E-state index contributed by atoms with van der Waals surface area (Å²) in [7, 11) is 1.26. The monoisotopic (exact) mass is 482 g/mol. The van der Waals surface area contributed by atoms with Gasteiger partial charge >= 0.3 is 12.2 Å². The van der Waals surface area contributed by atoms with Gasteiger partial charge in [0.2, 0.25) is 0 Å². The molecule has 1 aromatic heterocycles. The molecular formula is C25H27FN4O5. The van der Waals surface area contributed by atoms with Crippen molar-refractivity contribution >= 4 is 17.9 Å². The number of halogens is 1. The van der Waals surface area contributed by atoms with Gasteiger partial charge in [-0.15, -0.1) is 0 Å². The lowest BCUT2D eigenvalue weighted by Gasteiger charge is -2.24. The average molecular weight is 483 g/mol. The minimum Gasteiger partial charge on any atom is -0.453 e. The van der Waals surface area contributed by atoms with Crippen LogP contribution in [0.3, 0.4) is 0 Å². The van der Waals surface area contributed by atoms with Crippen LogP contribution in [-0.4, -0.2) is 35.1 Å². The Hall–Kier alpha value is -4.21. The number of rotatable bonds is 6. The summed E-state index contributed by atoms with van der Waals surface area (Å²) in [5, 5.41) is 11.9. The van der Waals surface area contributed by atoms with Crippen molar-refractivity contribution < 1.29 is 23.5 Å². The molecule has 2 amide bonds. The van der Waals surface area contributed by atoms with Gasteiger partial charge in [-0.1, -0.05) is 24.3 Å². The first-order valence-corrected chi connectivity index (χ1v) is 10.8. The van der Waals surface area contributed by atoms with E-state index in [0.717, 1.165) is 0 Å². The van der Waals surface area contributed by atoms with Crippen LogP contribution in [0.15, 0.2) is 59.4 Å². The summed E-state index contributed by atoms with van der Waals surface area (Å²) in [6.45, 7) is 5.25. The van der Waals surface area contributed by atoms with Crippen LogP contribution < -0.4 is 16.2 Å². The number of H-pyrrole nitrogens is 1. The number of alkyl carbamates (subject to hydrolysis) is 1. The van der Waals surface area contributed by atoms with E-state index in [1.165, 1.54) is 19.2 Å². The van der Waals surface area contributed by atoms with Crippen molar-refractivity contribution in [2.45, 2.75) is 38.8 Å². The number of aromatic amines is 1. The molecule has 2 aromatic carbocycles. The molecule has 0 saturated carbocycles. The Labute approximate surface area is 201 Å². The van der Waals surface area contributed by atoms with Gasteiger partial charge in [0.25, 0.3) is 5.56 Å². The smallest absolute Gasteiger partial charge is 0.411 e. The highest BCUT2D eigenvalue weighted by Gasteiger charge is 2.22. The van der Waals surface area contributed by atoms with Crippen LogP contribution in [0, 0.1) is 5.82 Å². The van der Waals surface area contributed by atoms with Crippen molar-refractivity contribution in [1.82, 2.24) is 15.5 Å². The van der Waals surface area contributed by atoms with E-state index in [2.05, 4.69) is 25.6 Å². The average Bonchev–Trinajstić information content (AvgIpc) is 2.79. The van der Waals surface area contributed by atoms with E-state index < -0.39 is 35.2 Å². The lowest BCUT2D eigenvalue weighted by Crippen LogP contribution is -2.36. The molecular weight excluding hydrogens is 455 g/mol. The molecule has 0 saturated heterocycles. The van der Waals surface area contributed by atoms with Crippen LogP contribution in [0.2, 0.25) is 0 Å². The Balaban J connectivity index is 1.87. The van der Waals surface area contributed by atoms with Crippen LogP contribution in [0.1, 0.15) is 38.1 Å². The molecule has 9 nitrogen and oxygen atoms in total. The number of amides is 2. The molecule has 0 fully saturated rings. The van der Waals surface area contributed by atoms with Crippen LogP contribution in [0.5, 0.6) is 0 Å². The second-order valence-corrected chi connectivity index (χ2v) is 8.75. The standard InChI is InChI=1S/C25H27FN4O5/c1-25(2,3)35-24(33)28-21(16-5-9-17(26)10-6-16)14-19-13-20(22(31)30-29-19)15-7-11-18(12-8-15)27-23(32)34-4/h5-13,21H,14H2,1-4H3,(H,27,32)(H,28,33)(H,30,31). The summed E-state index contributed by atoms with van der Waals surface area (Å²) < 4.78 is 23.4. The van der Waals surface area contributed by atoms with E-state index in [-0.39, 0.29) is 6.42 Å². The van der Waals surface area contributed by atoms with E-state index in [1.807, 2.05) is 0 Å². The fourth-order valence-corrected chi connectivity index (χ4v) is 3.27. The van der Waals surface area contributed by atoms with Crippen LogP contribution >= 0.6 is 0 Å². The number of hydrogen-bond acceptors (Lipinski definition) is 6. The molecule has 0 radical (unpaired) electrons. The summed E-state index contributed by atoms with van der Waals surface area (Å²) in [6.07, 6.45) is -1.03. The zero-order valence-electron chi connectivity index (χ0n) is 19.8. The van der Waals surface area contributed by atoms with Crippen molar-refractivity contribution in [2.24, 2.45) is 0 Å². The summed E-state index contributed by atoms with van der Waals surface area (Å²) in [5.74, 6) is -0.403. The Bertz CT molecular complexity index is 1230. The second kappa shape index (κ2) is 10.8. The molecule has 0 bridgehead atoms. The minimum atomic E-state index is -0.699. The van der Waals surface area contributed by atoms with E-state index in [1.54, 1.807) is 63.2 Å². The molecule has 0 spiro atoms. The van der Waals surface area contributed by atoms with Gasteiger partial charge in [-0.05, 0) is 62.2 Å². The highest BCUT2D eigenvalue weighted by atomic mass is 19.1. The number of nitrogens with zero attached hydrogens (tertiary/aromatic N) is 1. The van der Waals surface area contributed by atoms with E-state index >= 15 is 0 Å². The zero-order valence-corrected chi connectivity index (χ0v) is 19.8. The van der Waals surface area contributed by atoms with Gasteiger partial charge in [0, 0.05) is 12.1 Å². The molecule has 0 aliphatic heterocycles. The minimum absolute atomic E-state index is 0.205. The number of benzene rings is 2. The number of anilines is 1. The van der Waals surface area contributed by atoms with Gasteiger partial charge in [0.05, 0.1) is 24.4 Å². The van der Waals surface area contributed by atoms with Crippen LogP contribution in [0.25, 0.3) is 11.1 Å². The maximum atomic E-state index is 13.5. The van der Waals surface area contributed by atoms with E-state index in [0.29, 0.717) is 28.1 Å². The Morgan fingerprint density at radius 1 is 1.06 bits per heavy atom. The summed E-state index contributed by atoms with van der Waals surface area (Å²) in [6, 6.07) is 13.4. The normalized spacial score (nSPS) is 11.9. The zero-order chi connectivity index (χ0) is 25.6. The van der Waals surface area contributed by atoms with Crippen molar-refractivity contribution in [2.75, 3.05) is 12.4 Å². The van der Waals surface area contributed by atoms with E-state index in [4.69, 9.17) is 4.74 Å². The third-order valence-corrected chi connectivity index (χ3v) is 4.86. The molecule has 1 atom stereocenters. The van der Waals surface area contributed by atoms with Crippen molar-refractivity contribution in [3.63, 3.8) is 0 Å². The molecule has 0 aliphatic carbocycles.